The molecule has 1 saturated carbocycles. The molecule has 0 saturated heterocycles. The first-order valence-corrected chi connectivity index (χ1v) is 4.70. The number of thiocarbonyl (C=S) groups is 1. The molecular weight excluding hydrogens is 170 g/mol. The van der Waals surface area contributed by atoms with E-state index in [-0.39, 0.29) is 5.11 Å². The molecule has 12 heavy (non-hydrogen) atoms. The molecule has 0 heterocycles. The molecule has 0 aliphatic heterocycles. The van der Waals surface area contributed by atoms with Gasteiger partial charge in [-0.1, -0.05) is 12.8 Å². The number of nitrogens with zero attached hydrogens (tertiary/aromatic N) is 1. The number of rotatable bonds is 2. The smallest absolute Gasteiger partial charge is 0.184 e. The lowest BCUT2D eigenvalue weighted by Crippen LogP contribution is -2.26. The maximum Gasteiger partial charge on any atom is 0.184 e. The maximum absolute atomic E-state index is 5.25. The van der Waals surface area contributed by atoms with E-state index in [9.17, 15) is 0 Å². The number of nitrogens with two attached hydrogens (primary N) is 1. The predicted octanol–water partition coefficient (Wildman–Crippen LogP) is 1.39. The number of hydrogen-bond donors (Lipinski definition) is 2. The van der Waals surface area contributed by atoms with Gasteiger partial charge in [0, 0.05) is 5.71 Å². The normalized spacial score (nSPS) is 19.6. The van der Waals surface area contributed by atoms with Gasteiger partial charge in [-0.3, -0.25) is 5.43 Å². The summed E-state index contributed by atoms with van der Waals surface area (Å²) < 4.78 is 0. The number of nitrogens with one attached hydrogen (secondary N) is 1. The lowest BCUT2D eigenvalue weighted by atomic mass is 10.0. The standard InChI is InChI=1S/C8H15N3S/c1-6(10-11-8(9)12)7-4-2-3-5-7/h7H,2-5H2,1H3,(H3,9,11,12). The summed E-state index contributed by atoms with van der Waals surface area (Å²) in [6.07, 6.45) is 5.16. The molecule has 1 aliphatic carbocycles. The molecule has 68 valence electrons. The highest BCUT2D eigenvalue weighted by Gasteiger charge is 2.17. The van der Waals surface area contributed by atoms with Crippen molar-refractivity contribution in [1.82, 2.24) is 5.43 Å². The molecule has 0 aromatic carbocycles. The van der Waals surface area contributed by atoms with E-state index in [1.807, 2.05) is 6.92 Å². The van der Waals surface area contributed by atoms with Crippen molar-refractivity contribution in [3.63, 3.8) is 0 Å². The second kappa shape index (κ2) is 4.40. The van der Waals surface area contributed by atoms with Crippen LogP contribution >= 0.6 is 12.2 Å². The van der Waals surface area contributed by atoms with Crippen LogP contribution < -0.4 is 11.2 Å². The Kier molecular flexibility index (Phi) is 3.47. The van der Waals surface area contributed by atoms with Crippen LogP contribution in [0.1, 0.15) is 32.6 Å². The molecule has 1 fully saturated rings. The largest absolute Gasteiger partial charge is 0.375 e. The van der Waals surface area contributed by atoms with E-state index in [2.05, 4.69) is 22.7 Å². The Bertz CT molecular complexity index is 194. The highest BCUT2D eigenvalue weighted by atomic mass is 32.1. The van der Waals surface area contributed by atoms with Crippen LogP contribution in [0.3, 0.4) is 0 Å². The van der Waals surface area contributed by atoms with Gasteiger partial charge in [-0.15, -0.1) is 0 Å². The van der Waals surface area contributed by atoms with Gasteiger partial charge in [0.25, 0.3) is 0 Å². The Labute approximate surface area is 78.4 Å². The van der Waals surface area contributed by atoms with Crippen LogP contribution in [0.4, 0.5) is 0 Å². The Morgan fingerprint density at radius 1 is 1.50 bits per heavy atom. The van der Waals surface area contributed by atoms with Crippen molar-refractivity contribution in [2.24, 2.45) is 16.8 Å². The van der Waals surface area contributed by atoms with Crippen molar-refractivity contribution in [1.29, 1.82) is 0 Å². The number of hydrazone groups is 1. The molecule has 1 aliphatic rings. The topological polar surface area (TPSA) is 50.4 Å². The summed E-state index contributed by atoms with van der Waals surface area (Å²) in [6, 6.07) is 0. The van der Waals surface area contributed by atoms with Crippen LogP contribution in [0, 0.1) is 5.92 Å². The van der Waals surface area contributed by atoms with Crippen LogP contribution in [-0.4, -0.2) is 10.8 Å². The summed E-state index contributed by atoms with van der Waals surface area (Å²) in [5.41, 5.74) is 9.00. The minimum Gasteiger partial charge on any atom is -0.375 e. The van der Waals surface area contributed by atoms with Crippen LogP contribution in [0.15, 0.2) is 5.10 Å². The van der Waals surface area contributed by atoms with Crippen molar-refractivity contribution < 1.29 is 0 Å². The third-order valence-corrected chi connectivity index (χ3v) is 2.38. The molecule has 0 unspecified atom stereocenters. The highest BCUT2D eigenvalue weighted by Crippen LogP contribution is 2.25. The fourth-order valence-corrected chi connectivity index (χ4v) is 1.62. The monoisotopic (exact) mass is 185 g/mol. The summed E-state index contributed by atoms with van der Waals surface area (Å²) >= 11 is 4.65. The van der Waals surface area contributed by atoms with Gasteiger partial charge in [0.15, 0.2) is 5.11 Å². The molecule has 4 heteroatoms. The van der Waals surface area contributed by atoms with E-state index in [1.165, 1.54) is 25.7 Å². The summed E-state index contributed by atoms with van der Waals surface area (Å²) in [5.74, 6) is 0.645. The molecule has 0 atom stereocenters. The van der Waals surface area contributed by atoms with Gasteiger partial charge in [0.05, 0.1) is 0 Å². The summed E-state index contributed by atoms with van der Waals surface area (Å²) in [6.45, 7) is 2.03. The summed E-state index contributed by atoms with van der Waals surface area (Å²) in [5, 5.41) is 4.35. The lowest BCUT2D eigenvalue weighted by Gasteiger charge is -2.07. The van der Waals surface area contributed by atoms with Gasteiger partial charge in [0.1, 0.15) is 0 Å². The Morgan fingerprint density at radius 2 is 2.08 bits per heavy atom. The van der Waals surface area contributed by atoms with Crippen LogP contribution in [0.5, 0.6) is 0 Å². The molecule has 0 aromatic rings. The second-order valence-corrected chi connectivity index (χ2v) is 3.65. The van der Waals surface area contributed by atoms with E-state index >= 15 is 0 Å². The minimum atomic E-state index is 0.243. The van der Waals surface area contributed by atoms with E-state index < -0.39 is 0 Å². The van der Waals surface area contributed by atoms with E-state index in [0.29, 0.717) is 5.92 Å². The zero-order valence-corrected chi connectivity index (χ0v) is 8.16. The van der Waals surface area contributed by atoms with E-state index in [1.54, 1.807) is 0 Å². The third kappa shape index (κ3) is 2.77. The van der Waals surface area contributed by atoms with Gasteiger partial charge in [-0.05, 0) is 37.9 Å². The van der Waals surface area contributed by atoms with Crippen molar-refractivity contribution in [3.05, 3.63) is 0 Å². The van der Waals surface area contributed by atoms with Gasteiger partial charge < -0.3 is 5.73 Å². The van der Waals surface area contributed by atoms with Gasteiger partial charge >= 0.3 is 0 Å². The Morgan fingerprint density at radius 3 is 2.58 bits per heavy atom. The molecular formula is C8H15N3S. The van der Waals surface area contributed by atoms with Gasteiger partial charge in [-0.25, -0.2) is 0 Å². The van der Waals surface area contributed by atoms with Crippen molar-refractivity contribution in [3.8, 4) is 0 Å². The molecule has 0 spiro atoms. The Balaban J connectivity index is 2.39. The average Bonchev–Trinajstić information content (AvgIpc) is 2.51. The van der Waals surface area contributed by atoms with Crippen LogP contribution in [-0.2, 0) is 0 Å². The van der Waals surface area contributed by atoms with E-state index in [0.717, 1.165) is 5.71 Å². The molecule has 0 bridgehead atoms. The molecule has 0 aromatic heterocycles. The van der Waals surface area contributed by atoms with Crippen LogP contribution in [0.2, 0.25) is 0 Å². The summed E-state index contributed by atoms with van der Waals surface area (Å²) in [7, 11) is 0. The second-order valence-electron chi connectivity index (χ2n) is 3.21. The van der Waals surface area contributed by atoms with E-state index in [4.69, 9.17) is 5.73 Å². The maximum atomic E-state index is 5.25. The van der Waals surface area contributed by atoms with Crippen LogP contribution in [0.25, 0.3) is 0 Å². The highest BCUT2D eigenvalue weighted by molar-refractivity contribution is 7.80. The molecule has 0 radical (unpaired) electrons. The fourth-order valence-electron chi connectivity index (χ4n) is 1.58. The first-order chi connectivity index (χ1) is 5.70. The minimum absolute atomic E-state index is 0.243. The molecule has 3 nitrogen and oxygen atoms in total. The Hall–Kier alpha value is -0.640. The SMILES string of the molecule is CC(=NNC(N)=S)C1CCCC1. The molecule has 0 amide bonds. The van der Waals surface area contributed by atoms with Gasteiger partial charge in [-0.2, -0.15) is 5.10 Å². The first kappa shape index (κ1) is 9.45. The quantitative estimate of drug-likeness (QED) is 0.388. The lowest BCUT2D eigenvalue weighted by molar-refractivity contribution is 0.717. The van der Waals surface area contributed by atoms with Crippen molar-refractivity contribution >= 4 is 23.0 Å². The predicted molar refractivity (Wildman–Crippen MR) is 55.0 cm³/mol. The zero-order chi connectivity index (χ0) is 8.97. The first-order valence-electron chi connectivity index (χ1n) is 4.30. The average molecular weight is 185 g/mol. The zero-order valence-electron chi connectivity index (χ0n) is 7.34. The van der Waals surface area contributed by atoms with Crippen molar-refractivity contribution in [2.45, 2.75) is 32.6 Å². The van der Waals surface area contributed by atoms with Crippen molar-refractivity contribution in [2.75, 3.05) is 0 Å². The fraction of sp³-hybridized carbons (Fsp3) is 0.750. The third-order valence-electron chi connectivity index (χ3n) is 2.29. The number of hydrogen-bond acceptors (Lipinski definition) is 2. The summed E-state index contributed by atoms with van der Waals surface area (Å²) in [4.78, 5) is 0. The van der Waals surface area contributed by atoms with Gasteiger partial charge in [0.2, 0.25) is 0 Å². The molecule has 1 rings (SSSR count). The molecule has 3 N–H and O–H groups in total.